The number of rotatable bonds is 3. The van der Waals surface area contributed by atoms with Crippen molar-refractivity contribution < 1.29 is 19.1 Å². The van der Waals surface area contributed by atoms with Gasteiger partial charge in [0, 0.05) is 6.54 Å². The molecule has 0 aliphatic carbocycles. The molecule has 7 heteroatoms. The first-order chi connectivity index (χ1) is 9.68. The Hall–Kier alpha value is -2.57. The summed E-state index contributed by atoms with van der Waals surface area (Å²) in [5.74, 6) is -0.870. The lowest BCUT2D eigenvalue weighted by Gasteiger charge is -2.22. The second-order valence-electron chi connectivity index (χ2n) is 4.60. The highest BCUT2D eigenvalue weighted by atomic mass is 16.4. The molecule has 2 aromatic rings. The van der Waals surface area contributed by atoms with Crippen molar-refractivity contribution in [2.24, 2.45) is 0 Å². The summed E-state index contributed by atoms with van der Waals surface area (Å²) in [6.45, 7) is 0.566. The third-order valence-corrected chi connectivity index (χ3v) is 3.44. The summed E-state index contributed by atoms with van der Waals surface area (Å²) < 4.78 is 5.35. The van der Waals surface area contributed by atoms with Gasteiger partial charge in [-0.05, 0) is 25.0 Å². The van der Waals surface area contributed by atoms with Crippen LogP contribution in [0.4, 0.5) is 0 Å². The molecule has 2 aromatic heterocycles. The lowest BCUT2D eigenvalue weighted by atomic mass is 10.1. The Kier molecular flexibility index (Phi) is 3.02. The fourth-order valence-electron chi connectivity index (χ4n) is 2.54. The van der Waals surface area contributed by atoms with E-state index in [1.165, 1.54) is 6.33 Å². The van der Waals surface area contributed by atoms with Crippen molar-refractivity contribution in [1.82, 2.24) is 14.9 Å². The van der Waals surface area contributed by atoms with Crippen LogP contribution < -0.4 is 0 Å². The van der Waals surface area contributed by atoms with E-state index in [9.17, 15) is 9.59 Å². The van der Waals surface area contributed by atoms with Crippen LogP contribution in [-0.2, 0) is 0 Å². The molecular weight excluding hydrogens is 262 g/mol. The van der Waals surface area contributed by atoms with Crippen LogP contribution in [0.1, 0.15) is 45.6 Å². The number of H-pyrrole nitrogens is 1. The Balaban J connectivity index is 1.90. The van der Waals surface area contributed by atoms with Crippen LogP contribution in [0.5, 0.6) is 0 Å². The van der Waals surface area contributed by atoms with Crippen LogP contribution in [-0.4, -0.2) is 38.4 Å². The second-order valence-corrected chi connectivity index (χ2v) is 4.60. The highest BCUT2D eigenvalue weighted by molar-refractivity contribution is 6.02. The average Bonchev–Trinajstić information content (AvgIpc) is 3.17. The van der Waals surface area contributed by atoms with Crippen LogP contribution in [0.15, 0.2) is 29.1 Å². The largest absolute Gasteiger partial charge is 0.477 e. The van der Waals surface area contributed by atoms with Gasteiger partial charge in [-0.3, -0.25) is 4.79 Å². The number of carbonyl (C=O) groups is 2. The second kappa shape index (κ2) is 4.84. The molecule has 0 spiro atoms. The van der Waals surface area contributed by atoms with Crippen molar-refractivity contribution in [2.45, 2.75) is 18.9 Å². The van der Waals surface area contributed by atoms with E-state index in [0.29, 0.717) is 12.3 Å². The van der Waals surface area contributed by atoms with Gasteiger partial charge in [-0.25, -0.2) is 9.78 Å². The minimum Gasteiger partial charge on any atom is -0.477 e. The van der Waals surface area contributed by atoms with Gasteiger partial charge >= 0.3 is 5.97 Å². The summed E-state index contributed by atoms with van der Waals surface area (Å²) in [6.07, 6.45) is 4.43. The Morgan fingerprint density at radius 1 is 1.50 bits per heavy atom. The zero-order valence-corrected chi connectivity index (χ0v) is 10.6. The molecule has 0 aromatic carbocycles. The van der Waals surface area contributed by atoms with Crippen molar-refractivity contribution in [3.63, 3.8) is 0 Å². The van der Waals surface area contributed by atoms with Crippen LogP contribution >= 0.6 is 0 Å². The standard InChI is InChI=1S/C13H13N3O4/c17-12(10-11(13(18)19)15-7-14-10)16-5-1-3-8(16)9-4-2-6-20-9/h2,4,6-8H,1,3,5H2,(H,14,15)(H,18,19)/t8-/m0/s1. The molecule has 1 aliphatic rings. The number of aromatic amines is 1. The maximum Gasteiger partial charge on any atom is 0.354 e. The molecule has 1 aliphatic heterocycles. The molecule has 1 fully saturated rings. The van der Waals surface area contributed by atoms with E-state index < -0.39 is 5.97 Å². The quantitative estimate of drug-likeness (QED) is 0.887. The molecule has 0 unspecified atom stereocenters. The number of amides is 1. The number of carboxylic acid groups (broad SMARTS) is 1. The molecule has 7 nitrogen and oxygen atoms in total. The number of furan rings is 1. The molecule has 3 heterocycles. The van der Waals surface area contributed by atoms with Gasteiger partial charge in [0.1, 0.15) is 5.76 Å². The number of likely N-dealkylation sites (tertiary alicyclic amines) is 1. The summed E-state index contributed by atoms with van der Waals surface area (Å²) in [5, 5.41) is 9.04. The van der Waals surface area contributed by atoms with Gasteiger partial charge in [-0.15, -0.1) is 0 Å². The molecule has 20 heavy (non-hydrogen) atoms. The molecule has 0 bridgehead atoms. The van der Waals surface area contributed by atoms with Crippen molar-refractivity contribution in [3.05, 3.63) is 41.9 Å². The number of nitrogens with zero attached hydrogens (tertiary/aromatic N) is 2. The predicted octanol–water partition coefficient (Wildman–Crippen LogP) is 1.68. The number of nitrogens with one attached hydrogen (secondary N) is 1. The molecule has 1 amide bonds. The first-order valence-electron chi connectivity index (χ1n) is 6.29. The zero-order chi connectivity index (χ0) is 14.1. The van der Waals surface area contributed by atoms with Crippen LogP contribution in [0, 0.1) is 0 Å². The average molecular weight is 275 g/mol. The van der Waals surface area contributed by atoms with Gasteiger partial charge < -0.3 is 19.4 Å². The van der Waals surface area contributed by atoms with Crippen LogP contribution in [0.25, 0.3) is 0 Å². The highest BCUT2D eigenvalue weighted by Gasteiger charge is 2.35. The fraction of sp³-hybridized carbons (Fsp3) is 0.308. The fourth-order valence-corrected chi connectivity index (χ4v) is 2.54. The lowest BCUT2D eigenvalue weighted by Crippen LogP contribution is -2.31. The number of aromatic nitrogens is 2. The van der Waals surface area contributed by atoms with E-state index in [2.05, 4.69) is 9.97 Å². The van der Waals surface area contributed by atoms with Crippen LogP contribution in [0.2, 0.25) is 0 Å². The van der Waals surface area contributed by atoms with E-state index >= 15 is 0 Å². The molecule has 1 saturated heterocycles. The lowest BCUT2D eigenvalue weighted by molar-refractivity contribution is 0.0658. The Labute approximate surface area is 114 Å². The minimum absolute atomic E-state index is 0.0593. The minimum atomic E-state index is -1.19. The molecule has 0 saturated carbocycles. The number of carboxylic acids is 1. The van der Waals surface area contributed by atoms with E-state index in [-0.39, 0.29) is 23.3 Å². The maximum atomic E-state index is 12.5. The van der Waals surface area contributed by atoms with E-state index in [1.54, 1.807) is 17.2 Å². The summed E-state index contributed by atoms with van der Waals surface area (Å²) in [7, 11) is 0. The SMILES string of the molecule is O=C(O)c1[nH]cnc1C(=O)N1CCC[C@H]1c1ccco1. The van der Waals surface area contributed by atoms with Gasteiger partial charge in [-0.2, -0.15) is 0 Å². The smallest absolute Gasteiger partial charge is 0.354 e. The highest BCUT2D eigenvalue weighted by Crippen LogP contribution is 2.33. The number of carbonyl (C=O) groups excluding carboxylic acids is 1. The monoisotopic (exact) mass is 275 g/mol. The molecule has 2 N–H and O–H groups in total. The first kappa shape index (κ1) is 12.5. The molecule has 0 radical (unpaired) electrons. The third-order valence-electron chi connectivity index (χ3n) is 3.44. The van der Waals surface area contributed by atoms with Gasteiger partial charge in [0.05, 0.1) is 18.6 Å². The zero-order valence-electron chi connectivity index (χ0n) is 10.6. The van der Waals surface area contributed by atoms with Crippen molar-refractivity contribution in [1.29, 1.82) is 0 Å². The summed E-state index contributed by atoms with van der Waals surface area (Å²) in [4.78, 5) is 31.5. The number of aromatic carboxylic acids is 1. The van der Waals surface area contributed by atoms with Crippen LogP contribution in [0.3, 0.4) is 0 Å². The third kappa shape index (κ3) is 1.97. The molecule has 1 atom stereocenters. The van der Waals surface area contributed by atoms with E-state index in [0.717, 1.165) is 12.8 Å². The predicted molar refractivity (Wildman–Crippen MR) is 67.3 cm³/mol. The number of hydrogen-bond donors (Lipinski definition) is 2. The Bertz CT molecular complexity index is 632. The molecule has 3 rings (SSSR count). The van der Waals surface area contributed by atoms with E-state index in [4.69, 9.17) is 9.52 Å². The Morgan fingerprint density at radius 2 is 2.35 bits per heavy atom. The first-order valence-corrected chi connectivity index (χ1v) is 6.29. The number of hydrogen-bond acceptors (Lipinski definition) is 4. The van der Waals surface area contributed by atoms with Gasteiger partial charge in [0.2, 0.25) is 0 Å². The molecular formula is C13H13N3O4. The van der Waals surface area contributed by atoms with E-state index in [1.807, 2.05) is 6.07 Å². The van der Waals surface area contributed by atoms with Crippen molar-refractivity contribution in [3.8, 4) is 0 Å². The summed E-state index contributed by atoms with van der Waals surface area (Å²) >= 11 is 0. The van der Waals surface area contributed by atoms with Gasteiger partial charge in [0.25, 0.3) is 5.91 Å². The van der Waals surface area contributed by atoms with Gasteiger partial charge in [0.15, 0.2) is 11.4 Å². The topological polar surface area (TPSA) is 99.4 Å². The maximum absolute atomic E-state index is 12.5. The van der Waals surface area contributed by atoms with Gasteiger partial charge in [-0.1, -0.05) is 0 Å². The normalized spacial score (nSPS) is 18.4. The number of imidazole rings is 1. The summed E-state index contributed by atoms with van der Waals surface area (Å²) in [5.41, 5.74) is -0.240. The van der Waals surface area contributed by atoms with Crippen molar-refractivity contribution in [2.75, 3.05) is 6.54 Å². The Morgan fingerprint density at radius 3 is 3.05 bits per heavy atom. The summed E-state index contributed by atoms with van der Waals surface area (Å²) in [6, 6.07) is 3.43. The molecule has 104 valence electrons. The van der Waals surface area contributed by atoms with Crippen molar-refractivity contribution >= 4 is 11.9 Å².